The van der Waals surface area contributed by atoms with E-state index in [4.69, 9.17) is 0 Å². The zero-order valence-electron chi connectivity index (χ0n) is 11.8. The summed E-state index contributed by atoms with van der Waals surface area (Å²) in [6, 6.07) is 0.563. The zero-order chi connectivity index (χ0) is 13.7. The highest BCUT2D eigenvalue weighted by Gasteiger charge is 2.31. The number of aromatic nitrogens is 4. The van der Waals surface area contributed by atoms with Gasteiger partial charge in [-0.15, -0.1) is 5.10 Å². The molecule has 108 valence electrons. The van der Waals surface area contributed by atoms with E-state index in [0.29, 0.717) is 11.5 Å². The summed E-state index contributed by atoms with van der Waals surface area (Å²) in [5, 5.41) is 14.2. The molecular formula is C13H23BrN4S. The van der Waals surface area contributed by atoms with E-state index in [1.165, 1.54) is 38.5 Å². The monoisotopic (exact) mass is 346 g/mol. The van der Waals surface area contributed by atoms with E-state index in [9.17, 15) is 0 Å². The van der Waals surface area contributed by atoms with Crippen molar-refractivity contribution in [2.45, 2.75) is 63.6 Å². The van der Waals surface area contributed by atoms with Crippen LogP contribution in [0.1, 0.15) is 58.4 Å². The fourth-order valence-electron chi connectivity index (χ4n) is 2.55. The van der Waals surface area contributed by atoms with Crippen LogP contribution in [0, 0.1) is 5.41 Å². The van der Waals surface area contributed by atoms with Crippen LogP contribution in [0.15, 0.2) is 5.16 Å². The summed E-state index contributed by atoms with van der Waals surface area (Å²) in [4.78, 5) is 0. The normalized spacial score (nSPS) is 15.9. The van der Waals surface area contributed by atoms with E-state index in [1.54, 1.807) is 0 Å². The van der Waals surface area contributed by atoms with Crippen LogP contribution in [0.3, 0.4) is 0 Å². The summed E-state index contributed by atoms with van der Waals surface area (Å²) in [6.45, 7) is 4.54. The van der Waals surface area contributed by atoms with Crippen molar-refractivity contribution < 1.29 is 0 Å². The molecule has 0 aliphatic heterocycles. The second-order valence-electron chi connectivity index (χ2n) is 5.56. The molecule has 4 nitrogen and oxygen atoms in total. The SMILES string of the molecule is CCCC(CBr)(CCC)CSc1nnnn1C1CC1. The molecule has 1 fully saturated rings. The van der Waals surface area contributed by atoms with E-state index in [0.717, 1.165) is 16.2 Å². The molecule has 1 aromatic rings. The minimum absolute atomic E-state index is 0.383. The lowest BCUT2D eigenvalue weighted by molar-refractivity contribution is 0.319. The average molecular weight is 347 g/mol. The van der Waals surface area contributed by atoms with E-state index in [1.807, 2.05) is 16.4 Å². The first-order valence-corrected chi connectivity index (χ1v) is 9.32. The maximum atomic E-state index is 4.18. The van der Waals surface area contributed by atoms with E-state index >= 15 is 0 Å². The van der Waals surface area contributed by atoms with Gasteiger partial charge >= 0.3 is 0 Å². The molecule has 0 unspecified atom stereocenters. The molecule has 1 aliphatic rings. The molecule has 2 rings (SSSR count). The first kappa shape index (κ1) is 15.3. The van der Waals surface area contributed by atoms with Gasteiger partial charge in [0.15, 0.2) is 0 Å². The Hall–Kier alpha value is -0.100. The van der Waals surface area contributed by atoms with E-state index < -0.39 is 0 Å². The summed E-state index contributed by atoms with van der Waals surface area (Å²) in [5.74, 6) is 1.10. The molecule has 0 radical (unpaired) electrons. The smallest absolute Gasteiger partial charge is 0.209 e. The third-order valence-corrected chi connectivity index (χ3v) is 6.18. The highest BCUT2D eigenvalue weighted by Crippen LogP contribution is 2.40. The maximum absolute atomic E-state index is 4.18. The van der Waals surface area contributed by atoms with Crippen LogP contribution < -0.4 is 0 Å². The van der Waals surface area contributed by atoms with Crippen LogP contribution in [0.25, 0.3) is 0 Å². The predicted octanol–water partition coefficient (Wildman–Crippen LogP) is 4.08. The molecule has 1 heterocycles. The van der Waals surface area contributed by atoms with Crippen molar-refractivity contribution in [2.75, 3.05) is 11.1 Å². The topological polar surface area (TPSA) is 43.6 Å². The van der Waals surface area contributed by atoms with Gasteiger partial charge in [0.1, 0.15) is 0 Å². The van der Waals surface area contributed by atoms with Gasteiger partial charge in [-0.05, 0) is 41.5 Å². The second kappa shape index (κ2) is 7.07. The molecule has 0 aromatic carbocycles. The quantitative estimate of drug-likeness (QED) is 0.499. The number of nitrogens with zero attached hydrogens (tertiary/aromatic N) is 4. The first-order chi connectivity index (χ1) is 9.24. The molecule has 1 aliphatic carbocycles. The van der Waals surface area contributed by atoms with Crippen LogP contribution >= 0.6 is 27.7 Å². The lowest BCUT2D eigenvalue weighted by Crippen LogP contribution is -2.26. The van der Waals surface area contributed by atoms with Crippen LogP contribution in [0.4, 0.5) is 0 Å². The molecule has 0 spiro atoms. The van der Waals surface area contributed by atoms with E-state index in [2.05, 4.69) is 45.3 Å². The third-order valence-electron chi connectivity index (χ3n) is 3.71. The molecule has 0 atom stereocenters. The lowest BCUT2D eigenvalue weighted by Gasteiger charge is -2.31. The van der Waals surface area contributed by atoms with Gasteiger partial charge in [0, 0.05) is 11.1 Å². The molecule has 6 heteroatoms. The standard InChI is InChI=1S/C13H23BrN4S/c1-3-7-13(9-14,8-4-2)10-19-12-15-16-17-18(12)11-5-6-11/h11H,3-10H2,1-2H3. The molecular weight excluding hydrogens is 324 g/mol. The van der Waals surface area contributed by atoms with Crippen LogP contribution in [-0.2, 0) is 0 Å². The number of halogens is 1. The highest BCUT2D eigenvalue weighted by atomic mass is 79.9. The Bertz CT molecular complexity index is 386. The van der Waals surface area contributed by atoms with Gasteiger partial charge in [-0.3, -0.25) is 0 Å². The highest BCUT2D eigenvalue weighted by molar-refractivity contribution is 9.09. The largest absolute Gasteiger partial charge is 0.217 e. The second-order valence-corrected chi connectivity index (χ2v) is 7.06. The summed E-state index contributed by atoms with van der Waals surface area (Å²) in [7, 11) is 0. The van der Waals surface area contributed by atoms with Gasteiger partial charge in [0.25, 0.3) is 0 Å². The molecule has 1 saturated carbocycles. The summed E-state index contributed by atoms with van der Waals surface area (Å²) in [6.07, 6.45) is 7.46. The Morgan fingerprint density at radius 1 is 1.32 bits per heavy atom. The first-order valence-electron chi connectivity index (χ1n) is 7.21. The summed E-state index contributed by atoms with van der Waals surface area (Å²) >= 11 is 5.56. The van der Waals surface area contributed by atoms with Crippen molar-refractivity contribution in [3.8, 4) is 0 Å². The Morgan fingerprint density at radius 3 is 2.53 bits per heavy atom. The van der Waals surface area contributed by atoms with E-state index in [-0.39, 0.29) is 0 Å². The number of tetrazole rings is 1. The van der Waals surface area contributed by atoms with Gasteiger partial charge in [0.05, 0.1) is 6.04 Å². The predicted molar refractivity (Wildman–Crippen MR) is 82.9 cm³/mol. The maximum Gasteiger partial charge on any atom is 0.209 e. The van der Waals surface area contributed by atoms with Gasteiger partial charge in [0.2, 0.25) is 5.16 Å². The van der Waals surface area contributed by atoms with Crippen molar-refractivity contribution in [1.82, 2.24) is 20.2 Å². The molecule has 0 amide bonds. The Labute approximate surface area is 128 Å². The number of hydrogen-bond donors (Lipinski definition) is 0. The fraction of sp³-hybridized carbons (Fsp3) is 0.923. The van der Waals surface area contributed by atoms with Gasteiger partial charge in [-0.1, -0.05) is 54.4 Å². The van der Waals surface area contributed by atoms with Gasteiger partial charge in [-0.25, -0.2) is 4.68 Å². The molecule has 0 bridgehead atoms. The zero-order valence-corrected chi connectivity index (χ0v) is 14.2. The van der Waals surface area contributed by atoms with Crippen LogP contribution in [0.2, 0.25) is 0 Å². The summed E-state index contributed by atoms with van der Waals surface area (Å²) < 4.78 is 2.02. The Kier molecular flexibility index (Phi) is 5.69. The van der Waals surface area contributed by atoms with Crippen molar-refractivity contribution in [3.63, 3.8) is 0 Å². The van der Waals surface area contributed by atoms with Gasteiger partial charge in [-0.2, -0.15) is 0 Å². The summed E-state index contributed by atoms with van der Waals surface area (Å²) in [5.41, 5.74) is 0.383. The molecule has 19 heavy (non-hydrogen) atoms. The minimum atomic E-state index is 0.383. The molecule has 1 aromatic heterocycles. The number of alkyl halides is 1. The van der Waals surface area contributed by atoms with Crippen molar-refractivity contribution in [2.24, 2.45) is 5.41 Å². The lowest BCUT2D eigenvalue weighted by atomic mass is 9.83. The number of thioether (sulfide) groups is 1. The van der Waals surface area contributed by atoms with Crippen LogP contribution in [-0.4, -0.2) is 31.3 Å². The minimum Gasteiger partial charge on any atom is -0.217 e. The number of rotatable bonds is 9. The Morgan fingerprint density at radius 2 is 2.00 bits per heavy atom. The van der Waals surface area contributed by atoms with Gasteiger partial charge < -0.3 is 0 Å². The third kappa shape index (κ3) is 3.94. The Balaban J connectivity index is 1.98. The van der Waals surface area contributed by atoms with Crippen molar-refractivity contribution >= 4 is 27.7 Å². The molecule has 0 N–H and O–H groups in total. The number of hydrogen-bond acceptors (Lipinski definition) is 4. The van der Waals surface area contributed by atoms with Crippen molar-refractivity contribution in [1.29, 1.82) is 0 Å². The molecule has 0 saturated heterocycles. The average Bonchev–Trinajstić information content (AvgIpc) is 3.15. The fourth-order valence-corrected chi connectivity index (χ4v) is 4.81. The van der Waals surface area contributed by atoms with Crippen LogP contribution in [0.5, 0.6) is 0 Å². The van der Waals surface area contributed by atoms with Crippen molar-refractivity contribution in [3.05, 3.63) is 0 Å².